The molecule has 1 aliphatic rings. The van der Waals surface area contributed by atoms with Crippen LogP contribution in [0.15, 0.2) is 53.4 Å². The molecule has 1 aliphatic heterocycles. The van der Waals surface area contributed by atoms with Crippen molar-refractivity contribution in [1.82, 2.24) is 9.62 Å². The summed E-state index contributed by atoms with van der Waals surface area (Å²) in [5.74, 6) is -0.952. The number of para-hydroxylation sites is 1. The van der Waals surface area contributed by atoms with Gasteiger partial charge in [-0.1, -0.05) is 43.7 Å². The van der Waals surface area contributed by atoms with Crippen molar-refractivity contribution in [3.63, 3.8) is 0 Å². The lowest BCUT2D eigenvalue weighted by molar-refractivity contribution is 0.0894. The van der Waals surface area contributed by atoms with Gasteiger partial charge < -0.3 is 5.32 Å². The zero-order valence-corrected chi connectivity index (χ0v) is 16.0. The number of hydrogen-bond acceptors (Lipinski definition) is 5. The summed E-state index contributed by atoms with van der Waals surface area (Å²) in [6.45, 7) is 1.98. The molecular formula is C19H19N3O5S. The van der Waals surface area contributed by atoms with E-state index in [-0.39, 0.29) is 14.8 Å². The quantitative estimate of drug-likeness (QED) is 0.817. The van der Waals surface area contributed by atoms with Gasteiger partial charge in [0.15, 0.2) is 0 Å². The van der Waals surface area contributed by atoms with Gasteiger partial charge in [-0.15, -0.1) is 4.31 Å². The SMILES string of the molecule is CCCCc1cccc2c1C(=O)N(C(=O)NC(=O)Nc1ccccc1)S2(=O)=O. The van der Waals surface area contributed by atoms with Crippen molar-refractivity contribution in [3.8, 4) is 0 Å². The van der Waals surface area contributed by atoms with Gasteiger partial charge in [0.25, 0.3) is 15.9 Å². The van der Waals surface area contributed by atoms with Crippen LogP contribution in [0.5, 0.6) is 0 Å². The zero-order valence-electron chi connectivity index (χ0n) is 15.1. The van der Waals surface area contributed by atoms with Crippen LogP contribution in [0, 0.1) is 0 Å². The Morgan fingerprint density at radius 3 is 2.43 bits per heavy atom. The third kappa shape index (κ3) is 3.61. The fraction of sp³-hybridized carbons (Fsp3) is 0.211. The van der Waals surface area contributed by atoms with Crippen molar-refractivity contribution in [2.45, 2.75) is 31.1 Å². The smallest absolute Gasteiger partial charge is 0.308 e. The molecule has 0 unspecified atom stereocenters. The van der Waals surface area contributed by atoms with E-state index in [1.807, 2.05) is 12.2 Å². The lowest BCUT2D eigenvalue weighted by atomic mass is 10.0. The normalized spacial score (nSPS) is 14.5. The number of rotatable bonds is 4. The standard InChI is InChI=1S/C19H19N3O5S/c1-2-3-8-13-9-7-12-15-16(13)17(23)22(28(15,26)27)19(25)21-18(24)20-14-10-5-4-6-11-14/h4-7,9-12H,2-3,8H2,1H3,(H2,20,21,24,25). The predicted octanol–water partition coefficient (Wildman–Crippen LogP) is 3.12. The molecule has 0 fully saturated rings. The van der Waals surface area contributed by atoms with E-state index in [1.165, 1.54) is 12.1 Å². The lowest BCUT2D eigenvalue weighted by Gasteiger charge is -2.14. The number of aryl methyl sites for hydroxylation is 1. The minimum atomic E-state index is -4.37. The van der Waals surface area contributed by atoms with Gasteiger partial charge in [-0.3, -0.25) is 10.1 Å². The molecule has 0 saturated carbocycles. The Kier molecular flexibility index (Phi) is 5.46. The maximum Gasteiger partial charge on any atom is 0.346 e. The Hall–Kier alpha value is -3.20. The molecule has 0 radical (unpaired) electrons. The molecule has 2 aromatic rings. The molecule has 5 amide bonds. The number of fused-ring (bicyclic) bond motifs is 1. The first-order chi connectivity index (χ1) is 13.4. The molecule has 28 heavy (non-hydrogen) atoms. The van der Waals surface area contributed by atoms with Crippen LogP contribution in [0.25, 0.3) is 0 Å². The van der Waals surface area contributed by atoms with Crippen LogP contribution in [-0.4, -0.2) is 30.7 Å². The van der Waals surface area contributed by atoms with Crippen molar-refractivity contribution in [2.75, 3.05) is 5.32 Å². The first kappa shape index (κ1) is 19.6. The highest BCUT2D eigenvalue weighted by Gasteiger charge is 2.46. The molecule has 8 nitrogen and oxygen atoms in total. The number of carbonyl (C=O) groups is 3. The number of hydrogen-bond donors (Lipinski definition) is 2. The number of nitrogens with zero attached hydrogens (tertiary/aromatic N) is 1. The molecule has 3 rings (SSSR count). The highest BCUT2D eigenvalue weighted by molar-refractivity contribution is 7.90. The van der Waals surface area contributed by atoms with Crippen molar-refractivity contribution in [2.24, 2.45) is 0 Å². The van der Waals surface area contributed by atoms with Gasteiger partial charge in [0.05, 0.1) is 5.56 Å². The number of carbonyl (C=O) groups excluding carboxylic acids is 3. The number of sulfonamides is 1. The third-order valence-electron chi connectivity index (χ3n) is 4.27. The van der Waals surface area contributed by atoms with Gasteiger partial charge in [-0.25, -0.2) is 18.0 Å². The largest absolute Gasteiger partial charge is 0.346 e. The minimum absolute atomic E-state index is 0.00503. The van der Waals surface area contributed by atoms with Crippen LogP contribution >= 0.6 is 0 Å². The van der Waals surface area contributed by atoms with Crippen LogP contribution < -0.4 is 10.6 Å². The number of nitrogens with one attached hydrogen (secondary N) is 2. The maximum absolute atomic E-state index is 12.7. The molecule has 9 heteroatoms. The summed E-state index contributed by atoms with van der Waals surface area (Å²) in [7, 11) is -4.37. The first-order valence-electron chi connectivity index (χ1n) is 8.74. The molecule has 0 bridgehead atoms. The Morgan fingerprint density at radius 2 is 1.75 bits per heavy atom. The summed E-state index contributed by atoms with van der Waals surface area (Å²) in [6, 6.07) is 10.5. The number of unbranched alkanes of at least 4 members (excludes halogenated alkanes) is 1. The molecule has 0 spiro atoms. The van der Waals surface area contributed by atoms with Crippen LogP contribution in [0.4, 0.5) is 15.3 Å². The Labute approximate surface area is 162 Å². The highest BCUT2D eigenvalue weighted by Crippen LogP contribution is 2.33. The molecular weight excluding hydrogens is 382 g/mol. The average Bonchev–Trinajstić information content (AvgIpc) is 2.87. The van der Waals surface area contributed by atoms with E-state index in [9.17, 15) is 22.8 Å². The van der Waals surface area contributed by atoms with Crippen molar-refractivity contribution in [1.29, 1.82) is 0 Å². The topological polar surface area (TPSA) is 113 Å². The monoisotopic (exact) mass is 401 g/mol. The van der Waals surface area contributed by atoms with Gasteiger partial charge in [-0.05, 0) is 36.6 Å². The van der Waals surface area contributed by atoms with E-state index in [1.54, 1.807) is 36.4 Å². The van der Waals surface area contributed by atoms with Gasteiger partial charge >= 0.3 is 12.1 Å². The number of urea groups is 2. The summed E-state index contributed by atoms with van der Waals surface area (Å²) in [5.41, 5.74) is 0.972. The number of amides is 5. The molecule has 0 atom stereocenters. The molecule has 1 heterocycles. The zero-order chi connectivity index (χ0) is 20.3. The summed E-state index contributed by atoms with van der Waals surface area (Å²) >= 11 is 0. The van der Waals surface area contributed by atoms with Crippen LogP contribution in [0.2, 0.25) is 0 Å². The second kappa shape index (κ2) is 7.81. The first-order valence-corrected chi connectivity index (χ1v) is 10.2. The Morgan fingerprint density at radius 1 is 1.04 bits per heavy atom. The third-order valence-corrected chi connectivity index (χ3v) is 5.97. The summed E-state index contributed by atoms with van der Waals surface area (Å²) < 4.78 is 25.5. The van der Waals surface area contributed by atoms with E-state index in [4.69, 9.17) is 0 Å². The van der Waals surface area contributed by atoms with E-state index in [0.717, 1.165) is 12.8 Å². The van der Waals surface area contributed by atoms with Gasteiger partial charge in [-0.2, -0.15) is 0 Å². The lowest BCUT2D eigenvalue weighted by Crippen LogP contribution is -2.47. The van der Waals surface area contributed by atoms with E-state index >= 15 is 0 Å². The van der Waals surface area contributed by atoms with Crippen molar-refractivity contribution in [3.05, 3.63) is 59.7 Å². The van der Waals surface area contributed by atoms with E-state index < -0.39 is 28.0 Å². The number of benzene rings is 2. The molecule has 2 aromatic carbocycles. The summed E-state index contributed by atoms with van der Waals surface area (Å²) in [4.78, 5) is 36.9. The fourth-order valence-electron chi connectivity index (χ4n) is 2.95. The molecule has 146 valence electrons. The maximum atomic E-state index is 12.7. The number of anilines is 1. The van der Waals surface area contributed by atoms with Crippen LogP contribution in [0.1, 0.15) is 35.7 Å². The van der Waals surface area contributed by atoms with Crippen LogP contribution in [0.3, 0.4) is 0 Å². The second-order valence-electron chi connectivity index (χ2n) is 6.22. The van der Waals surface area contributed by atoms with Gasteiger partial charge in [0.1, 0.15) is 4.90 Å². The highest BCUT2D eigenvalue weighted by atomic mass is 32.2. The van der Waals surface area contributed by atoms with Gasteiger partial charge in [0, 0.05) is 5.69 Å². The summed E-state index contributed by atoms with van der Waals surface area (Å²) in [5, 5.41) is 4.29. The van der Waals surface area contributed by atoms with Crippen LogP contribution in [-0.2, 0) is 16.4 Å². The predicted molar refractivity (Wildman–Crippen MR) is 102 cm³/mol. The van der Waals surface area contributed by atoms with Crippen molar-refractivity contribution >= 4 is 33.7 Å². The minimum Gasteiger partial charge on any atom is -0.308 e. The molecule has 0 saturated heterocycles. The Bertz CT molecular complexity index is 1030. The van der Waals surface area contributed by atoms with Gasteiger partial charge in [0.2, 0.25) is 0 Å². The van der Waals surface area contributed by atoms with E-state index in [2.05, 4.69) is 5.32 Å². The molecule has 2 N–H and O–H groups in total. The number of imide groups is 2. The molecule has 0 aromatic heterocycles. The van der Waals surface area contributed by atoms with E-state index in [0.29, 0.717) is 17.7 Å². The average molecular weight is 401 g/mol. The Balaban J connectivity index is 1.83. The summed E-state index contributed by atoms with van der Waals surface area (Å²) in [6.07, 6.45) is 2.16. The second-order valence-corrected chi connectivity index (χ2v) is 7.97. The molecule has 0 aliphatic carbocycles. The fourth-order valence-corrected chi connectivity index (χ4v) is 4.45. The van der Waals surface area contributed by atoms with Crippen molar-refractivity contribution < 1.29 is 22.8 Å².